The second-order valence-electron chi connectivity index (χ2n) is 2.83. The van der Waals surface area contributed by atoms with E-state index in [1.165, 1.54) is 11.3 Å². The summed E-state index contributed by atoms with van der Waals surface area (Å²) in [5.41, 5.74) is 6.35. The van der Waals surface area contributed by atoms with E-state index in [1.807, 2.05) is 18.2 Å². The van der Waals surface area contributed by atoms with Gasteiger partial charge in [0.2, 0.25) is 0 Å². The Labute approximate surface area is 104 Å². The molecule has 0 amide bonds. The zero-order valence-corrected chi connectivity index (χ0v) is 10.7. The first-order valence-corrected chi connectivity index (χ1v) is 6.17. The van der Waals surface area contributed by atoms with E-state index in [1.54, 1.807) is 0 Å². The fraction of sp³-hybridized carbons (Fsp3) is 0.111. The Bertz CT molecular complexity index is 486. The van der Waals surface area contributed by atoms with Crippen molar-refractivity contribution in [2.45, 2.75) is 6.54 Å². The third kappa shape index (κ3) is 2.36. The molecule has 0 aliphatic carbocycles. The van der Waals surface area contributed by atoms with E-state index in [-0.39, 0.29) is 0 Å². The van der Waals surface area contributed by atoms with E-state index >= 15 is 0 Å². The number of hydrogen-bond acceptors (Lipinski definition) is 4. The van der Waals surface area contributed by atoms with Crippen LogP contribution in [0.4, 0.5) is 0 Å². The molecule has 1 aromatic carbocycles. The number of benzene rings is 1. The van der Waals surface area contributed by atoms with E-state index in [0.717, 1.165) is 20.1 Å². The molecule has 0 aliphatic rings. The zero-order chi connectivity index (χ0) is 10.8. The van der Waals surface area contributed by atoms with Gasteiger partial charge >= 0.3 is 0 Å². The molecule has 6 heteroatoms. The smallest absolute Gasteiger partial charge is 0.149 e. The van der Waals surface area contributed by atoms with Gasteiger partial charge in [-0.25, -0.2) is 0 Å². The van der Waals surface area contributed by atoms with Crippen LogP contribution in [-0.4, -0.2) is 10.2 Å². The molecular formula is C9H7BrClN3S. The lowest BCUT2D eigenvalue weighted by molar-refractivity contribution is 0.960. The summed E-state index contributed by atoms with van der Waals surface area (Å²) in [4.78, 5) is 0. The predicted octanol–water partition coefficient (Wildman–Crippen LogP) is 3.08. The first-order chi connectivity index (χ1) is 7.20. The van der Waals surface area contributed by atoms with Crippen LogP contribution in [0.15, 0.2) is 22.7 Å². The molecule has 2 aromatic rings. The van der Waals surface area contributed by atoms with Gasteiger partial charge in [0.05, 0.1) is 5.02 Å². The fourth-order valence-corrected chi connectivity index (χ4v) is 2.48. The highest BCUT2D eigenvalue weighted by molar-refractivity contribution is 9.10. The minimum absolute atomic E-state index is 0.406. The highest BCUT2D eigenvalue weighted by Crippen LogP contribution is 2.32. The van der Waals surface area contributed by atoms with Gasteiger partial charge in [-0.2, -0.15) is 0 Å². The monoisotopic (exact) mass is 303 g/mol. The van der Waals surface area contributed by atoms with Crippen LogP contribution >= 0.6 is 38.9 Å². The quantitative estimate of drug-likeness (QED) is 0.927. The van der Waals surface area contributed by atoms with Crippen molar-refractivity contribution in [3.05, 3.63) is 32.7 Å². The normalized spacial score (nSPS) is 10.6. The van der Waals surface area contributed by atoms with Crippen LogP contribution in [0.5, 0.6) is 0 Å². The van der Waals surface area contributed by atoms with Crippen LogP contribution in [0, 0.1) is 0 Å². The van der Waals surface area contributed by atoms with Gasteiger partial charge in [0.15, 0.2) is 0 Å². The van der Waals surface area contributed by atoms with Crippen LogP contribution in [0.2, 0.25) is 5.02 Å². The Morgan fingerprint density at radius 1 is 1.40 bits per heavy atom. The minimum atomic E-state index is 0.406. The molecular weight excluding hydrogens is 298 g/mol. The van der Waals surface area contributed by atoms with Crippen molar-refractivity contribution in [1.29, 1.82) is 0 Å². The maximum Gasteiger partial charge on any atom is 0.149 e. The van der Waals surface area contributed by atoms with Crippen LogP contribution in [-0.2, 0) is 6.54 Å². The summed E-state index contributed by atoms with van der Waals surface area (Å²) in [7, 11) is 0. The highest BCUT2D eigenvalue weighted by atomic mass is 79.9. The molecule has 0 spiro atoms. The maximum atomic E-state index is 6.07. The van der Waals surface area contributed by atoms with Crippen LogP contribution in [0.3, 0.4) is 0 Å². The molecule has 0 saturated carbocycles. The first-order valence-electron chi connectivity index (χ1n) is 4.18. The lowest BCUT2D eigenvalue weighted by Gasteiger charge is -1.99. The molecule has 0 bridgehead atoms. The van der Waals surface area contributed by atoms with Gasteiger partial charge in [0.25, 0.3) is 0 Å². The summed E-state index contributed by atoms with van der Waals surface area (Å²) in [6.07, 6.45) is 0. The maximum absolute atomic E-state index is 6.07. The summed E-state index contributed by atoms with van der Waals surface area (Å²) in [5.74, 6) is 0. The second kappa shape index (κ2) is 4.57. The van der Waals surface area contributed by atoms with Crippen molar-refractivity contribution >= 4 is 38.9 Å². The summed E-state index contributed by atoms with van der Waals surface area (Å²) >= 11 is 10.9. The fourth-order valence-electron chi connectivity index (χ4n) is 1.11. The van der Waals surface area contributed by atoms with Crippen LogP contribution < -0.4 is 5.73 Å². The Morgan fingerprint density at radius 3 is 2.87 bits per heavy atom. The molecule has 2 rings (SSSR count). The van der Waals surface area contributed by atoms with Gasteiger partial charge in [-0.05, 0) is 18.2 Å². The van der Waals surface area contributed by atoms with Crippen LogP contribution in [0.1, 0.15) is 5.01 Å². The first kappa shape index (κ1) is 11.0. The largest absolute Gasteiger partial charge is 0.324 e. The molecule has 15 heavy (non-hydrogen) atoms. The average Bonchev–Trinajstić information content (AvgIpc) is 2.70. The van der Waals surface area contributed by atoms with Crippen molar-refractivity contribution in [2.24, 2.45) is 5.73 Å². The molecule has 1 heterocycles. The van der Waals surface area contributed by atoms with E-state index in [2.05, 4.69) is 26.1 Å². The van der Waals surface area contributed by atoms with Crippen molar-refractivity contribution in [3.8, 4) is 10.6 Å². The summed E-state index contributed by atoms with van der Waals surface area (Å²) in [6.45, 7) is 0.406. The topological polar surface area (TPSA) is 51.8 Å². The van der Waals surface area contributed by atoms with Crippen molar-refractivity contribution in [1.82, 2.24) is 10.2 Å². The van der Waals surface area contributed by atoms with Crippen molar-refractivity contribution in [2.75, 3.05) is 0 Å². The molecule has 1 aromatic heterocycles. The molecule has 0 fully saturated rings. The third-order valence-electron chi connectivity index (χ3n) is 1.80. The lowest BCUT2D eigenvalue weighted by atomic mass is 10.2. The summed E-state index contributed by atoms with van der Waals surface area (Å²) in [5, 5.41) is 10.3. The van der Waals surface area contributed by atoms with Gasteiger partial charge < -0.3 is 5.73 Å². The third-order valence-corrected chi connectivity index (χ3v) is 3.60. The Balaban J connectivity index is 2.48. The Hall–Kier alpha value is -0.490. The average molecular weight is 305 g/mol. The molecule has 0 saturated heterocycles. The van der Waals surface area contributed by atoms with Gasteiger partial charge in [-0.3, -0.25) is 0 Å². The number of nitrogens with zero attached hydrogens (tertiary/aromatic N) is 2. The van der Waals surface area contributed by atoms with Gasteiger partial charge in [0, 0.05) is 16.6 Å². The van der Waals surface area contributed by atoms with E-state index in [4.69, 9.17) is 17.3 Å². The van der Waals surface area contributed by atoms with Gasteiger partial charge in [-0.15, -0.1) is 10.2 Å². The number of halogens is 2. The Kier molecular flexibility index (Phi) is 3.35. The SMILES string of the molecule is NCc1nnc(-c2cc(Br)ccc2Cl)s1. The number of aromatic nitrogens is 2. The Morgan fingerprint density at radius 2 is 2.20 bits per heavy atom. The van der Waals surface area contributed by atoms with Gasteiger partial charge in [0.1, 0.15) is 10.0 Å². The molecule has 0 unspecified atom stereocenters. The zero-order valence-electron chi connectivity index (χ0n) is 7.58. The lowest BCUT2D eigenvalue weighted by Crippen LogP contribution is -1.94. The number of rotatable bonds is 2. The molecule has 0 radical (unpaired) electrons. The molecule has 78 valence electrons. The van der Waals surface area contributed by atoms with Crippen molar-refractivity contribution in [3.63, 3.8) is 0 Å². The second-order valence-corrected chi connectivity index (χ2v) is 5.21. The molecule has 2 N–H and O–H groups in total. The number of hydrogen-bond donors (Lipinski definition) is 1. The van der Waals surface area contributed by atoms with E-state index in [9.17, 15) is 0 Å². The van der Waals surface area contributed by atoms with E-state index < -0.39 is 0 Å². The van der Waals surface area contributed by atoms with Crippen molar-refractivity contribution < 1.29 is 0 Å². The summed E-state index contributed by atoms with van der Waals surface area (Å²) < 4.78 is 0.964. The van der Waals surface area contributed by atoms with Crippen LogP contribution in [0.25, 0.3) is 10.6 Å². The molecule has 3 nitrogen and oxygen atoms in total. The van der Waals surface area contributed by atoms with Gasteiger partial charge in [-0.1, -0.05) is 38.9 Å². The molecule has 0 atom stereocenters. The highest BCUT2D eigenvalue weighted by Gasteiger charge is 2.09. The van der Waals surface area contributed by atoms with E-state index in [0.29, 0.717) is 11.6 Å². The summed E-state index contributed by atoms with van der Waals surface area (Å²) in [6, 6.07) is 5.63. The number of nitrogens with two attached hydrogens (primary N) is 1. The minimum Gasteiger partial charge on any atom is -0.324 e. The standard InChI is InChI=1S/C9H7BrClN3S/c10-5-1-2-7(11)6(3-5)9-14-13-8(4-12)15-9/h1-3H,4,12H2. The predicted molar refractivity (Wildman–Crippen MR) is 65.9 cm³/mol. The molecule has 0 aliphatic heterocycles.